The Morgan fingerprint density at radius 1 is 1.35 bits per heavy atom. The number of carboxylic acid groups (broad SMARTS) is 1. The van der Waals surface area contributed by atoms with Crippen molar-refractivity contribution in [3.8, 4) is 5.75 Å². The molecule has 0 saturated heterocycles. The second-order valence-electron chi connectivity index (χ2n) is 4.06. The molecule has 0 aliphatic rings. The summed E-state index contributed by atoms with van der Waals surface area (Å²) in [5.74, 6) is -1.77. The highest BCUT2D eigenvalue weighted by Crippen LogP contribution is 2.21. The van der Waals surface area contributed by atoms with Crippen molar-refractivity contribution in [3.63, 3.8) is 0 Å². The molecule has 2 N–H and O–H groups in total. The Kier molecular flexibility index (Phi) is 7.00. The van der Waals surface area contributed by atoms with Crippen molar-refractivity contribution in [1.82, 2.24) is 5.32 Å². The Hall–Kier alpha value is -1.63. The van der Waals surface area contributed by atoms with Crippen molar-refractivity contribution in [2.75, 3.05) is 13.2 Å². The number of carbonyl (C=O) groups excluding carboxylic acids is 1. The van der Waals surface area contributed by atoms with E-state index in [1.54, 1.807) is 6.07 Å². The Morgan fingerprint density at radius 3 is 2.75 bits per heavy atom. The van der Waals surface area contributed by atoms with Gasteiger partial charge in [-0.2, -0.15) is 0 Å². The Morgan fingerprint density at radius 2 is 2.10 bits per heavy atom. The molecule has 0 saturated carbocycles. The zero-order valence-corrected chi connectivity index (χ0v) is 12.3. The molecule has 0 atom stereocenters. The Bertz CT molecular complexity index is 481. The van der Waals surface area contributed by atoms with Crippen LogP contribution in [0.25, 0.3) is 0 Å². The summed E-state index contributed by atoms with van der Waals surface area (Å²) in [4.78, 5) is 21.7. The van der Waals surface area contributed by atoms with Gasteiger partial charge < -0.3 is 15.2 Å². The van der Waals surface area contributed by atoms with Gasteiger partial charge in [-0.05, 0) is 31.0 Å². The maximum absolute atomic E-state index is 13.4. The van der Waals surface area contributed by atoms with Crippen molar-refractivity contribution in [2.45, 2.75) is 19.3 Å². The first-order valence-corrected chi connectivity index (χ1v) is 6.84. The van der Waals surface area contributed by atoms with Gasteiger partial charge in [0.1, 0.15) is 0 Å². The van der Waals surface area contributed by atoms with E-state index in [1.807, 2.05) is 0 Å². The van der Waals surface area contributed by atoms with Gasteiger partial charge in [0, 0.05) is 17.4 Å². The number of ether oxygens (including phenoxy) is 1. The standard InChI is InChI=1S/C13H15BrFNO4/c14-9-4-5-11(10(15)7-9)20-8-12(17)16-6-2-1-3-13(18)19/h4-5,7H,1-3,6,8H2,(H,16,17)(H,18,19). The third-order valence-corrected chi connectivity index (χ3v) is 2.89. The van der Waals surface area contributed by atoms with Gasteiger partial charge in [-0.25, -0.2) is 4.39 Å². The van der Waals surface area contributed by atoms with Gasteiger partial charge in [0.05, 0.1) is 0 Å². The second kappa shape index (κ2) is 8.52. The van der Waals surface area contributed by atoms with Crippen LogP contribution in [0.2, 0.25) is 0 Å². The smallest absolute Gasteiger partial charge is 0.303 e. The molecule has 0 aliphatic heterocycles. The third kappa shape index (κ3) is 6.51. The van der Waals surface area contributed by atoms with E-state index in [-0.39, 0.29) is 24.7 Å². The predicted molar refractivity (Wildman–Crippen MR) is 74.1 cm³/mol. The quantitative estimate of drug-likeness (QED) is 0.707. The average Bonchev–Trinajstić information content (AvgIpc) is 2.37. The molecule has 1 aromatic rings. The highest BCUT2D eigenvalue weighted by Gasteiger charge is 2.07. The third-order valence-electron chi connectivity index (χ3n) is 2.39. The van der Waals surface area contributed by atoms with Crippen LogP contribution in [0.1, 0.15) is 19.3 Å². The number of rotatable bonds is 8. The summed E-state index contributed by atoms with van der Waals surface area (Å²) in [7, 11) is 0. The molecule has 0 spiro atoms. The van der Waals surface area contributed by atoms with E-state index in [9.17, 15) is 14.0 Å². The zero-order valence-electron chi connectivity index (χ0n) is 10.7. The highest BCUT2D eigenvalue weighted by atomic mass is 79.9. The van der Waals surface area contributed by atoms with Crippen molar-refractivity contribution < 1.29 is 23.8 Å². The summed E-state index contributed by atoms with van der Waals surface area (Å²) in [6, 6.07) is 4.29. The zero-order chi connectivity index (χ0) is 15.0. The first-order chi connectivity index (χ1) is 9.49. The monoisotopic (exact) mass is 347 g/mol. The van der Waals surface area contributed by atoms with Gasteiger partial charge in [-0.3, -0.25) is 9.59 Å². The molecule has 7 heteroatoms. The summed E-state index contributed by atoms with van der Waals surface area (Å²) in [5, 5.41) is 11.0. The van der Waals surface area contributed by atoms with Crippen LogP contribution in [0.4, 0.5) is 4.39 Å². The van der Waals surface area contributed by atoms with Crippen molar-refractivity contribution in [1.29, 1.82) is 0 Å². The molecule has 0 fully saturated rings. The lowest BCUT2D eigenvalue weighted by atomic mass is 10.2. The van der Waals surface area contributed by atoms with E-state index in [2.05, 4.69) is 21.2 Å². The second-order valence-corrected chi connectivity index (χ2v) is 4.98. The van der Waals surface area contributed by atoms with Crippen LogP contribution in [0, 0.1) is 5.82 Å². The van der Waals surface area contributed by atoms with E-state index in [0.717, 1.165) is 0 Å². The van der Waals surface area contributed by atoms with Gasteiger partial charge in [0.15, 0.2) is 18.2 Å². The van der Waals surface area contributed by atoms with E-state index in [4.69, 9.17) is 9.84 Å². The molecule has 0 heterocycles. The number of carboxylic acids is 1. The number of unbranched alkanes of at least 4 members (excludes halogenated alkanes) is 1. The lowest BCUT2D eigenvalue weighted by molar-refractivity contribution is -0.137. The normalized spacial score (nSPS) is 10.1. The SMILES string of the molecule is O=C(O)CCCCNC(=O)COc1ccc(Br)cc1F. The Balaban J connectivity index is 2.21. The molecule has 1 rings (SSSR count). The number of nitrogens with one attached hydrogen (secondary N) is 1. The fourth-order valence-electron chi connectivity index (χ4n) is 1.42. The van der Waals surface area contributed by atoms with Crippen molar-refractivity contribution in [3.05, 3.63) is 28.5 Å². The molecule has 5 nitrogen and oxygen atoms in total. The van der Waals surface area contributed by atoms with E-state index in [0.29, 0.717) is 23.9 Å². The van der Waals surface area contributed by atoms with Crippen LogP contribution in [-0.4, -0.2) is 30.1 Å². The highest BCUT2D eigenvalue weighted by molar-refractivity contribution is 9.10. The number of hydrogen-bond acceptors (Lipinski definition) is 3. The Labute approximate surface area is 124 Å². The van der Waals surface area contributed by atoms with E-state index < -0.39 is 11.8 Å². The van der Waals surface area contributed by atoms with Gasteiger partial charge in [0.25, 0.3) is 5.91 Å². The average molecular weight is 348 g/mol. The predicted octanol–water partition coefficient (Wildman–Crippen LogP) is 2.34. The topological polar surface area (TPSA) is 75.6 Å². The summed E-state index contributed by atoms with van der Waals surface area (Å²) in [5.41, 5.74) is 0. The molecular formula is C13H15BrFNO4. The summed E-state index contributed by atoms with van der Waals surface area (Å²) in [6.45, 7) is 0.0930. The summed E-state index contributed by atoms with van der Waals surface area (Å²) < 4.78 is 19.0. The molecule has 0 aliphatic carbocycles. The van der Waals surface area contributed by atoms with Crippen molar-refractivity contribution in [2.24, 2.45) is 0 Å². The van der Waals surface area contributed by atoms with Crippen LogP contribution in [0.15, 0.2) is 22.7 Å². The molecule has 0 bridgehead atoms. The van der Waals surface area contributed by atoms with E-state index in [1.165, 1.54) is 12.1 Å². The molecule has 0 radical (unpaired) electrons. The number of carbonyl (C=O) groups is 2. The van der Waals surface area contributed by atoms with Crippen molar-refractivity contribution >= 4 is 27.8 Å². The van der Waals surface area contributed by atoms with E-state index >= 15 is 0 Å². The molecule has 0 unspecified atom stereocenters. The molecular weight excluding hydrogens is 333 g/mol. The number of halogens is 2. The minimum atomic E-state index is -0.856. The van der Waals surface area contributed by atoms with Gasteiger partial charge in [-0.15, -0.1) is 0 Å². The first kappa shape index (κ1) is 16.4. The molecule has 1 aromatic carbocycles. The fraction of sp³-hybridized carbons (Fsp3) is 0.385. The van der Waals surface area contributed by atoms with Crippen LogP contribution < -0.4 is 10.1 Å². The van der Waals surface area contributed by atoms with Gasteiger partial charge in [0.2, 0.25) is 0 Å². The fourth-order valence-corrected chi connectivity index (χ4v) is 1.75. The maximum atomic E-state index is 13.4. The van der Waals surface area contributed by atoms with Gasteiger partial charge >= 0.3 is 5.97 Å². The van der Waals surface area contributed by atoms with Crippen LogP contribution >= 0.6 is 15.9 Å². The number of aliphatic carboxylic acids is 1. The molecule has 0 aromatic heterocycles. The van der Waals surface area contributed by atoms with Crippen LogP contribution in [0.3, 0.4) is 0 Å². The number of benzene rings is 1. The molecule has 1 amide bonds. The summed E-state index contributed by atoms with van der Waals surface area (Å²) in [6.07, 6.45) is 1.15. The molecule has 110 valence electrons. The maximum Gasteiger partial charge on any atom is 0.303 e. The van der Waals surface area contributed by atoms with Crippen LogP contribution in [-0.2, 0) is 9.59 Å². The van der Waals surface area contributed by atoms with Crippen LogP contribution in [0.5, 0.6) is 5.75 Å². The number of hydrogen-bond donors (Lipinski definition) is 2. The number of amides is 1. The minimum absolute atomic E-state index is 0.00854. The molecule has 20 heavy (non-hydrogen) atoms. The van der Waals surface area contributed by atoms with Gasteiger partial charge in [-0.1, -0.05) is 15.9 Å². The minimum Gasteiger partial charge on any atom is -0.481 e. The first-order valence-electron chi connectivity index (χ1n) is 6.05. The lowest BCUT2D eigenvalue weighted by Gasteiger charge is -2.08. The lowest BCUT2D eigenvalue weighted by Crippen LogP contribution is -2.29. The largest absolute Gasteiger partial charge is 0.481 e. The summed E-state index contributed by atoms with van der Waals surface area (Å²) >= 11 is 3.12.